The minimum Gasteiger partial charge on any atom is -0.358 e. The molecule has 0 saturated heterocycles. The van der Waals surface area contributed by atoms with Crippen LogP contribution < -0.4 is 10.9 Å². The molecule has 8 rings (SSSR count). The number of halogens is 2. The first-order chi connectivity index (χ1) is 19.4. The predicted molar refractivity (Wildman–Crippen MR) is 158 cm³/mol. The Labute approximate surface area is 243 Å². The number of thioether (sulfide) groups is 1. The van der Waals surface area contributed by atoms with E-state index >= 15 is 0 Å². The van der Waals surface area contributed by atoms with Gasteiger partial charge in [0.15, 0.2) is 5.15 Å². The first-order valence-corrected chi connectivity index (χ1v) is 14.6. The van der Waals surface area contributed by atoms with Gasteiger partial charge >= 0.3 is 0 Å². The predicted octanol–water partition coefficient (Wildman–Crippen LogP) is 6.53. The monoisotopic (exact) mass is 585 g/mol. The molecule has 0 spiro atoms. The quantitative estimate of drug-likeness (QED) is 0.249. The van der Waals surface area contributed by atoms with Gasteiger partial charge in [-0.3, -0.25) is 4.79 Å². The number of pyridine rings is 1. The van der Waals surface area contributed by atoms with Crippen LogP contribution in [-0.2, 0) is 0 Å². The van der Waals surface area contributed by atoms with Crippen molar-refractivity contribution in [1.29, 1.82) is 0 Å². The molecule has 1 fully saturated rings. The molecule has 1 aliphatic carbocycles. The van der Waals surface area contributed by atoms with Crippen molar-refractivity contribution in [2.75, 3.05) is 11.1 Å². The van der Waals surface area contributed by atoms with Crippen molar-refractivity contribution in [1.82, 2.24) is 29.5 Å². The molecule has 3 aromatic heterocycles. The summed E-state index contributed by atoms with van der Waals surface area (Å²) in [5.74, 6) is 2.31. The Morgan fingerprint density at radius 3 is 2.83 bits per heavy atom. The zero-order valence-corrected chi connectivity index (χ0v) is 23.3. The average Bonchev–Trinajstić information content (AvgIpc) is 3.23. The van der Waals surface area contributed by atoms with E-state index in [1.807, 2.05) is 22.9 Å². The van der Waals surface area contributed by atoms with E-state index in [2.05, 4.69) is 51.5 Å². The minimum absolute atomic E-state index is 0.0679. The number of hydrogen-bond donors (Lipinski definition) is 2. The molecule has 0 radical (unpaired) electrons. The Bertz CT molecular complexity index is 1930. The lowest BCUT2D eigenvalue weighted by Crippen LogP contribution is -2.26. The van der Waals surface area contributed by atoms with Gasteiger partial charge in [0.25, 0.3) is 5.56 Å². The maximum atomic E-state index is 13.7. The van der Waals surface area contributed by atoms with Crippen LogP contribution in [0.4, 0.5) is 5.69 Å². The molecule has 5 aromatic rings. The van der Waals surface area contributed by atoms with Gasteiger partial charge in [-0.15, -0.1) is 16.9 Å². The highest BCUT2D eigenvalue weighted by molar-refractivity contribution is 7.99. The number of imidazole rings is 1. The van der Waals surface area contributed by atoms with Gasteiger partial charge in [-0.05, 0) is 54.3 Å². The Hall–Kier alpha value is -3.79. The number of H-pyrrole nitrogens is 1. The van der Waals surface area contributed by atoms with E-state index in [1.165, 1.54) is 4.90 Å². The number of nitrogens with zero attached hydrogens (tertiary/aromatic N) is 5. The fraction of sp³-hybridized carbons (Fsp3) is 0.172. The lowest BCUT2D eigenvalue weighted by molar-refractivity contribution is 0.515. The molecule has 40 heavy (non-hydrogen) atoms. The summed E-state index contributed by atoms with van der Waals surface area (Å²) in [5, 5.41) is 12.2. The number of fused-ring (bicyclic) bond motifs is 4. The maximum Gasteiger partial charge on any atom is 0.252 e. The fourth-order valence-corrected chi connectivity index (χ4v) is 7.18. The summed E-state index contributed by atoms with van der Waals surface area (Å²) in [6, 6.07) is 15.4. The summed E-state index contributed by atoms with van der Waals surface area (Å²) in [6.07, 6.45) is 4.52. The molecule has 1 saturated carbocycles. The summed E-state index contributed by atoms with van der Waals surface area (Å²) in [7, 11) is 0. The number of rotatable bonds is 4. The number of hydrogen-bond acceptors (Lipinski definition) is 6. The van der Waals surface area contributed by atoms with Gasteiger partial charge in [0, 0.05) is 50.2 Å². The van der Waals surface area contributed by atoms with Gasteiger partial charge in [0.2, 0.25) is 0 Å². The number of aromatic nitrogens is 6. The first kappa shape index (κ1) is 24.0. The van der Waals surface area contributed by atoms with Crippen LogP contribution in [0.25, 0.3) is 28.1 Å². The molecule has 198 valence electrons. The standard InChI is InChI=1S/C29H21Cl2N7OS/c1-14-13-40-25-7-15(2-4-21(25)33-14)22-11-32-29(34-22)28-20-10-19(20)24-6-16(8-27(39)38(24)28)18-9-17(30)3-5-23(18)37-12-26(31)35-36-37/h2-9,11-12,19-20,28,33H,1,10,13H2,(H,32,34). The largest absolute Gasteiger partial charge is 0.358 e. The highest BCUT2D eigenvalue weighted by Crippen LogP contribution is 2.60. The van der Waals surface area contributed by atoms with Crippen molar-refractivity contribution in [3.63, 3.8) is 0 Å². The van der Waals surface area contributed by atoms with E-state index in [4.69, 9.17) is 28.2 Å². The smallest absolute Gasteiger partial charge is 0.252 e. The molecule has 8 nitrogen and oxygen atoms in total. The first-order valence-electron chi connectivity index (χ1n) is 12.8. The molecule has 2 aliphatic heterocycles. The van der Waals surface area contributed by atoms with Gasteiger partial charge in [-0.2, -0.15) is 0 Å². The zero-order valence-electron chi connectivity index (χ0n) is 20.9. The van der Waals surface area contributed by atoms with Crippen LogP contribution in [-0.4, -0.2) is 35.3 Å². The Morgan fingerprint density at radius 2 is 1.98 bits per heavy atom. The molecular weight excluding hydrogens is 565 g/mol. The van der Waals surface area contributed by atoms with Gasteiger partial charge < -0.3 is 14.9 Å². The molecule has 11 heteroatoms. The Morgan fingerprint density at radius 1 is 1.07 bits per heavy atom. The second-order valence-corrected chi connectivity index (χ2v) is 12.2. The van der Waals surface area contributed by atoms with Crippen molar-refractivity contribution < 1.29 is 0 Å². The van der Waals surface area contributed by atoms with E-state index in [9.17, 15) is 4.79 Å². The summed E-state index contributed by atoms with van der Waals surface area (Å²) in [6.45, 7) is 4.03. The molecule has 3 atom stereocenters. The molecular formula is C29H21Cl2N7OS. The van der Waals surface area contributed by atoms with Crippen LogP contribution in [0.5, 0.6) is 0 Å². The number of aromatic amines is 1. The van der Waals surface area contributed by atoms with Crippen molar-refractivity contribution in [2.45, 2.75) is 23.3 Å². The third-order valence-corrected chi connectivity index (χ3v) is 9.41. The van der Waals surface area contributed by atoms with E-state index in [0.717, 1.165) is 63.1 Å². The van der Waals surface area contributed by atoms with Crippen LogP contribution in [0.2, 0.25) is 10.2 Å². The molecule has 3 aliphatic rings. The summed E-state index contributed by atoms with van der Waals surface area (Å²) >= 11 is 14.2. The van der Waals surface area contributed by atoms with Crippen molar-refractivity contribution in [3.05, 3.63) is 105 Å². The van der Waals surface area contributed by atoms with Crippen LogP contribution in [0, 0.1) is 5.92 Å². The normalized spacial score (nSPS) is 20.6. The number of benzene rings is 2. The second-order valence-electron chi connectivity index (χ2n) is 10.4. The Balaban J connectivity index is 1.17. The molecule has 3 unspecified atom stereocenters. The SMILES string of the molecule is C=C1CSc2cc(-c3cnc(C4C5CC5c5cc(-c6cc(Cl)ccc6-n6cc(Cl)nn6)cc(=O)n54)[nH]3)ccc2N1. The molecule has 0 bridgehead atoms. The summed E-state index contributed by atoms with van der Waals surface area (Å²) in [4.78, 5) is 23.2. The van der Waals surface area contributed by atoms with Gasteiger partial charge in [-0.25, -0.2) is 9.67 Å². The van der Waals surface area contributed by atoms with E-state index in [1.54, 1.807) is 34.8 Å². The van der Waals surface area contributed by atoms with E-state index in [-0.39, 0.29) is 16.8 Å². The topological polar surface area (TPSA) is 93.4 Å². The highest BCUT2D eigenvalue weighted by Gasteiger charge is 2.54. The molecule has 5 heterocycles. The second kappa shape index (κ2) is 8.86. The number of nitrogens with one attached hydrogen (secondary N) is 2. The molecule has 0 amide bonds. The van der Waals surface area contributed by atoms with Gasteiger partial charge in [0.1, 0.15) is 5.82 Å². The van der Waals surface area contributed by atoms with Crippen LogP contribution in [0.3, 0.4) is 0 Å². The van der Waals surface area contributed by atoms with Crippen molar-refractivity contribution >= 4 is 40.7 Å². The molecule has 2 N–H and O–H groups in total. The average molecular weight is 587 g/mol. The summed E-state index contributed by atoms with van der Waals surface area (Å²) < 4.78 is 3.50. The van der Waals surface area contributed by atoms with Crippen molar-refractivity contribution in [3.8, 4) is 28.1 Å². The lowest BCUT2D eigenvalue weighted by Gasteiger charge is -2.20. The minimum atomic E-state index is -0.125. The van der Waals surface area contributed by atoms with Crippen LogP contribution in [0.15, 0.2) is 82.9 Å². The van der Waals surface area contributed by atoms with Crippen LogP contribution >= 0.6 is 35.0 Å². The van der Waals surface area contributed by atoms with Crippen LogP contribution in [0.1, 0.15) is 29.9 Å². The molecule has 2 aromatic carbocycles. The van der Waals surface area contributed by atoms with Gasteiger partial charge in [-0.1, -0.05) is 41.1 Å². The zero-order chi connectivity index (χ0) is 27.1. The van der Waals surface area contributed by atoms with Gasteiger partial charge in [0.05, 0.1) is 35.5 Å². The highest BCUT2D eigenvalue weighted by atomic mass is 35.5. The lowest BCUT2D eigenvalue weighted by atomic mass is 10.0. The van der Waals surface area contributed by atoms with E-state index < -0.39 is 0 Å². The van der Waals surface area contributed by atoms with Crippen molar-refractivity contribution in [2.24, 2.45) is 5.92 Å². The third kappa shape index (κ3) is 3.83. The third-order valence-electron chi connectivity index (χ3n) is 7.86. The fourth-order valence-electron chi connectivity index (χ4n) is 6.00. The number of anilines is 1. The Kier molecular flexibility index (Phi) is 5.32. The summed E-state index contributed by atoms with van der Waals surface area (Å²) in [5.41, 5.74) is 7.36. The maximum absolute atomic E-state index is 13.7. The van der Waals surface area contributed by atoms with E-state index in [0.29, 0.717) is 16.9 Å².